The van der Waals surface area contributed by atoms with Crippen molar-refractivity contribution in [2.24, 2.45) is 0 Å². The third kappa shape index (κ3) is 0.513. The Labute approximate surface area is 56.8 Å². The molecule has 0 fully saturated rings. The minimum absolute atomic E-state index is 0.822. The van der Waals surface area contributed by atoms with Crippen LogP contribution in [-0.2, 0) is 0 Å². The van der Waals surface area contributed by atoms with Gasteiger partial charge in [0.25, 0.3) is 0 Å². The summed E-state index contributed by atoms with van der Waals surface area (Å²) in [7, 11) is 1.58. The Morgan fingerprint density at radius 2 is 2.40 bits per heavy atom. The van der Waals surface area contributed by atoms with E-state index in [0.29, 0.717) is 0 Å². The number of hydrogen-bond donors (Lipinski definition) is 0. The summed E-state index contributed by atoms with van der Waals surface area (Å²) in [6.07, 6.45) is 4.87. The fourth-order valence-electron chi connectivity index (χ4n) is 0.831. The lowest BCUT2D eigenvalue weighted by molar-refractivity contribution is 0.177. The largest absolute Gasteiger partial charge is 0.414 e. The van der Waals surface area contributed by atoms with Crippen LogP contribution in [-0.4, -0.2) is 26.4 Å². The minimum Gasteiger partial charge on any atom is -0.414 e. The number of aromatic nitrogens is 4. The van der Waals surface area contributed by atoms with E-state index in [1.807, 2.05) is 0 Å². The molecule has 0 atom stereocenters. The summed E-state index contributed by atoms with van der Waals surface area (Å²) in [5.41, 5.74) is 0.822. The number of hydrogen-bond acceptors (Lipinski definition) is 3. The molecule has 0 aliphatic rings. The molecule has 52 valence electrons. The van der Waals surface area contributed by atoms with E-state index in [9.17, 15) is 0 Å². The van der Waals surface area contributed by atoms with E-state index < -0.39 is 0 Å². The first-order valence-electron chi connectivity index (χ1n) is 2.82. The highest BCUT2D eigenvalue weighted by Gasteiger charge is 1.98. The van der Waals surface area contributed by atoms with Crippen molar-refractivity contribution >= 4 is 5.65 Å². The van der Waals surface area contributed by atoms with E-state index in [1.165, 1.54) is 4.73 Å². The molecule has 2 rings (SSSR count). The SMILES string of the molecule is COn1cnn2cncc12. The highest BCUT2D eigenvalue weighted by atomic mass is 16.6. The summed E-state index contributed by atoms with van der Waals surface area (Å²) in [5, 5.41) is 3.94. The van der Waals surface area contributed by atoms with Crippen molar-refractivity contribution in [2.45, 2.75) is 0 Å². The van der Waals surface area contributed by atoms with Crippen LogP contribution in [0.1, 0.15) is 0 Å². The Bertz CT molecular complexity index is 336. The summed E-state index contributed by atoms with van der Waals surface area (Å²) in [4.78, 5) is 8.79. The smallest absolute Gasteiger partial charge is 0.191 e. The van der Waals surface area contributed by atoms with Gasteiger partial charge in [-0.2, -0.15) is 14.3 Å². The van der Waals surface area contributed by atoms with Gasteiger partial charge in [0, 0.05) is 0 Å². The van der Waals surface area contributed by atoms with E-state index in [1.54, 1.807) is 30.5 Å². The summed E-state index contributed by atoms with van der Waals surface area (Å²) in [5.74, 6) is 0. The van der Waals surface area contributed by atoms with E-state index in [4.69, 9.17) is 4.84 Å². The van der Waals surface area contributed by atoms with Crippen LogP contribution in [0, 0.1) is 0 Å². The quantitative estimate of drug-likeness (QED) is 0.538. The van der Waals surface area contributed by atoms with Gasteiger partial charge in [0.2, 0.25) is 0 Å². The fourth-order valence-corrected chi connectivity index (χ4v) is 0.831. The second-order valence-corrected chi connectivity index (χ2v) is 1.84. The second-order valence-electron chi connectivity index (χ2n) is 1.84. The summed E-state index contributed by atoms with van der Waals surface area (Å²) >= 11 is 0. The first kappa shape index (κ1) is 5.28. The molecule has 2 aromatic heterocycles. The molecule has 0 saturated carbocycles. The van der Waals surface area contributed by atoms with Gasteiger partial charge in [0.15, 0.2) is 12.0 Å². The summed E-state index contributed by atoms with van der Waals surface area (Å²) < 4.78 is 3.16. The van der Waals surface area contributed by atoms with Crippen molar-refractivity contribution in [2.75, 3.05) is 7.11 Å². The molecular weight excluding hydrogens is 132 g/mol. The van der Waals surface area contributed by atoms with Crippen LogP contribution in [0.2, 0.25) is 0 Å². The topological polar surface area (TPSA) is 44.4 Å². The maximum absolute atomic E-state index is 4.92. The van der Waals surface area contributed by atoms with Crippen molar-refractivity contribution in [1.82, 2.24) is 19.3 Å². The average Bonchev–Trinajstić information content (AvgIpc) is 2.44. The highest BCUT2D eigenvalue weighted by molar-refractivity contribution is 5.33. The molecule has 0 aliphatic heterocycles. The van der Waals surface area contributed by atoms with Crippen molar-refractivity contribution in [3.63, 3.8) is 0 Å². The van der Waals surface area contributed by atoms with Crippen LogP contribution >= 0.6 is 0 Å². The number of nitrogens with zero attached hydrogens (tertiary/aromatic N) is 4. The van der Waals surface area contributed by atoms with Gasteiger partial charge in [-0.15, -0.1) is 0 Å². The number of rotatable bonds is 1. The monoisotopic (exact) mass is 138 g/mol. The van der Waals surface area contributed by atoms with Crippen molar-refractivity contribution < 1.29 is 4.84 Å². The maximum Gasteiger partial charge on any atom is 0.191 e. The molecule has 0 spiro atoms. The first-order chi connectivity index (χ1) is 4.92. The molecule has 0 bridgehead atoms. The molecule has 0 N–H and O–H groups in total. The van der Waals surface area contributed by atoms with Crippen LogP contribution < -0.4 is 4.84 Å². The molecule has 0 unspecified atom stereocenters. The van der Waals surface area contributed by atoms with Crippen molar-refractivity contribution in [3.8, 4) is 0 Å². The molecular formula is C5H6N4O. The molecule has 0 aliphatic carbocycles. The van der Waals surface area contributed by atoms with Crippen LogP contribution in [0.5, 0.6) is 0 Å². The third-order valence-electron chi connectivity index (χ3n) is 1.30. The van der Waals surface area contributed by atoms with Gasteiger partial charge < -0.3 is 4.84 Å². The molecule has 2 aromatic rings. The molecule has 0 radical (unpaired) electrons. The van der Waals surface area contributed by atoms with Crippen LogP contribution in [0.4, 0.5) is 0 Å². The molecule has 2 heterocycles. The van der Waals surface area contributed by atoms with Gasteiger partial charge in [0.05, 0.1) is 6.20 Å². The third-order valence-corrected chi connectivity index (χ3v) is 1.30. The van der Waals surface area contributed by atoms with Crippen molar-refractivity contribution in [1.29, 1.82) is 0 Å². The Balaban J connectivity index is 2.76. The molecule has 0 aromatic carbocycles. The molecule has 10 heavy (non-hydrogen) atoms. The number of fused-ring (bicyclic) bond motifs is 1. The van der Waals surface area contributed by atoms with Gasteiger partial charge in [-0.1, -0.05) is 0 Å². The Morgan fingerprint density at radius 1 is 1.50 bits per heavy atom. The number of imidazole rings is 1. The van der Waals surface area contributed by atoms with Crippen LogP contribution in [0.15, 0.2) is 18.9 Å². The fraction of sp³-hybridized carbons (Fsp3) is 0.200. The zero-order chi connectivity index (χ0) is 6.97. The zero-order valence-electron chi connectivity index (χ0n) is 5.43. The Hall–Kier alpha value is -1.52. The Morgan fingerprint density at radius 3 is 3.20 bits per heavy atom. The molecule has 0 amide bonds. The highest BCUT2D eigenvalue weighted by Crippen LogP contribution is 1.96. The van der Waals surface area contributed by atoms with Gasteiger partial charge in [-0.05, 0) is 0 Å². The second kappa shape index (κ2) is 1.73. The molecule has 0 saturated heterocycles. The minimum atomic E-state index is 0.822. The summed E-state index contributed by atoms with van der Waals surface area (Å²) in [6.45, 7) is 0. The lowest BCUT2D eigenvalue weighted by Crippen LogP contribution is -2.02. The zero-order valence-corrected chi connectivity index (χ0v) is 5.43. The maximum atomic E-state index is 4.92. The normalized spacial score (nSPS) is 10.5. The van der Waals surface area contributed by atoms with Crippen LogP contribution in [0.3, 0.4) is 0 Å². The Kier molecular flexibility index (Phi) is 0.913. The van der Waals surface area contributed by atoms with E-state index in [0.717, 1.165) is 5.65 Å². The van der Waals surface area contributed by atoms with Gasteiger partial charge in [0.1, 0.15) is 13.4 Å². The van der Waals surface area contributed by atoms with Gasteiger partial charge in [-0.25, -0.2) is 4.98 Å². The lowest BCUT2D eigenvalue weighted by Gasteiger charge is -1.94. The van der Waals surface area contributed by atoms with Crippen molar-refractivity contribution in [3.05, 3.63) is 18.9 Å². The molecule has 5 nitrogen and oxygen atoms in total. The predicted octanol–water partition coefficient (Wildman–Crippen LogP) is -0.411. The van der Waals surface area contributed by atoms with E-state index in [-0.39, 0.29) is 0 Å². The standard InChI is InChI=1S/C5H6N4O/c1-10-9-4-7-8-3-6-2-5(8)9/h2-4H,1H3. The summed E-state index contributed by atoms with van der Waals surface area (Å²) in [6, 6.07) is 0. The van der Waals surface area contributed by atoms with Gasteiger partial charge in [-0.3, -0.25) is 0 Å². The molecule has 5 heteroatoms. The van der Waals surface area contributed by atoms with Gasteiger partial charge >= 0.3 is 0 Å². The first-order valence-corrected chi connectivity index (χ1v) is 2.82. The van der Waals surface area contributed by atoms with E-state index >= 15 is 0 Å². The van der Waals surface area contributed by atoms with E-state index in [2.05, 4.69) is 10.1 Å². The average molecular weight is 138 g/mol. The van der Waals surface area contributed by atoms with Crippen LogP contribution in [0.25, 0.3) is 5.65 Å². The lowest BCUT2D eigenvalue weighted by atomic mass is 10.8. The predicted molar refractivity (Wildman–Crippen MR) is 33.5 cm³/mol.